The minimum absolute atomic E-state index is 0. The minimum atomic E-state index is 0. The summed E-state index contributed by atoms with van der Waals surface area (Å²) in [5.74, 6) is 0.974. The van der Waals surface area contributed by atoms with Crippen LogP contribution in [0.4, 0.5) is 5.82 Å². The fourth-order valence-corrected chi connectivity index (χ4v) is 2.46. The summed E-state index contributed by atoms with van der Waals surface area (Å²) in [5.41, 5.74) is 4.21. The summed E-state index contributed by atoms with van der Waals surface area (Å²) < 4.78 is 0. The minimum Gasteiger partial charge on any atom is -0.355 e. The molecule has 1 N–H and O–H groups in total. The van der Waals surface area contributed by atoms with Gasteiger partial charge in [0.1, 0.15) is 11.8 Å². The molecule has 0 saturated heterocycles. The van der Waals surface area contributed by atoms with Crippen molar-refractivity contribution in [2.45, 2.75) is 13.8 Å². The van der Waals surface area contributed by atoms with Crippen molar-refractivity contribution < 1.29 is 0 Å². The number of nitrogens with zero attached hydrogens (tertiary/aromatic N) is 3. The number of aromatic nitrogens is 3. The molecule has 21 heavy (non-hydrogen) atoms. The van der Waals surface area contributed by atoms with Crippen LogP contribution in [0.5, 0.6) is 0 Å². The molecule has 0 unspecified atom stereocenters. The van der Waals surface area contributed by atoms with Gasteiger partial charge in [0.2, 0.25) is 0 Å². The maximum atomic E-state index is 4.44. The van der Waals surface area contributed by atoms with Crippen molar-refractivity contribution in [3.8, 4) is 11.3 Å². The zero-order valence-electron chi connectivity index (χ0n) is 12.2. The Morgan fingerprint density at radius 3 is 2.43 bits per heavy atom. The largest absolute Gasteiger partial charge is 0.355 e. The van der Waals surface area contributed by atoms with Crippen LogP contribution in [0, 0.1) is 0 Å². The summed E-state index contributed by atoms with van der Waals surface area (Å²) in [6.45, 7) is 6.14. The van der Waals surface area contributed by atoms with Crippen molar-refractivity contribution in [2.75, 3.05) is 18.0 Å². The van der Waals surface area contributed by atoms with Crippen molar-refractivity contribution in [3.05, 3.63) is 42.7 Å². The summed E-state index contributed by atoms with van der Waals surface area (Å²) in [4.78, 5) is 14.5. The fourth-order valence-electron chi connectivity index (χ4n) is 2.46. The molecule has 2 heterocycles. The van der Waals surface area contributed by atoms with Gasteiger partial charge in [-0.2, -0.15) is 0 Å². The van der Waals surface area contributed by atoms with E-state index in [1.54, 1.807) is 6.33 Å². The van der Waals surface area contributed by atoms with E-state index in [4.69, 9.17) is 0 Å². The number of nitrogens with one attached hydrogen (secondary N) is 1. The summed E-state index contributed by atoms with van der Waals surface area (Å²) in [6.07, 6.45) is 1.64. The van der Waals surface area contributed by atoms with Gasteiger partial charge in [-0.3, -0.25) is 0 Å². The Kier molecular flexibility index (Phi) is 4.81. The fraction of sp³-hybridized carbons (Fsp3) is 0.250. The van der Waals surface area contributed by atoms with E-state index in [9.17, 15) is 0 Å². The van der Waals surface area contributed by atoms with Crippen molar-refractivity contribution in [3.63, 3.8) is 0 Å². The van der Waals surface area contributed by atoms with Gasteiger partial charge in [0, 0.05) is 18.8 Å². The SMILES string of the molecule is CCN(CC)c1ncnc2cc(-c3ccccc3)[nH]c12.Cl. The molecule has 0 fully saturated rings. The zero-order valence-corrected chi connectivity index (χ0v) is 13.0. The highest BCUT2D eigenvalue weighted by molar-refractivity contribution is 5.90. The summed E-state index contributed by atoms with van der Waals surface area (Å²) in [5, 5.41) is 0. The van der Waals surface area contributed by atoms with Crippen LogP contribution in [0.3, 0.4) is 0 Å². The second-order valence-electron chi connectivity index (χ2n) is 4.68. The van der Waals surface area contributed by atoms with Crippen LogP contribution in [-0.4, -0.2) is 28.0 Å². The highest BCUT2D eigenvalue weighted by atomic mass is 35.5. The lowest BCUT2D eigenvalue weighted by Crippen LogP contribution is -2.23. The number of anilines is 1. The lowest BCUT2D eigenvalue weighted by atomic mass is 10.2. The molecule has 0 spiro atoms. The second kappa shape index (κ2) is 6.59. The third-order valence-electron chi connectivity index (χ3n) is 3.55. The van der Waals surface area contributed by atoms with E-state index < -0.39 is 0 Å². The predicted molar refractivity (Wildman–Crippen MR) is 90.1 cm³/mol. The van der Waals surface area contributed by atoms with Gasteiger partial charge in [0.05, 0.1) is 5.52 Å². The quantitative estimate of drug-likeness (QED) is 0.795. The first-order valence-electron chi connectivity index (χ1n) is 6.97. The summed E-state index contributed by atoms with van der Waals surface area (Å²) in [7, 11) is 0. The summed E-state index contributed by atoms with van der Waals surface area (Å²) >= 11 is 0. The number of hydrogen-bond donors (Lipinski definition) is 1. The first-order valence-corrected chi connectivity index (χ1v) is 6.97. The standard InChI is InChI=1S/C16H18N4.ClH/c1-3-20(4-2)16-15-14(17-11-18-16)10-13(19-15)12-8-6-5-7-9-12;/h5-11,19H,3-4H2,1-2H3;1H. The smallest absolute Gasteiger partial charge is 0.156 e. The molecule has 0 aliphatic heterocycles. The van der Waals surface area contributed by atoms with E-state index in [1.165, 1.54) is 0 Å². The van der Waals surface area contributed by atoms with Crippen LogP contribution in [0.15, 0.2) is 42.7 Å². The van der Waals surface area contributed by atoms with Gasteiger partial charge in [-0.15, -0.1) is 12.4 Å². The van der Waals surface area contributed by atoms with E-state index >= 15 is 0 Å². The number of rotatable bonds is 4. The van der Waals surface area contributed by atoms with Crippen molar-refractivity contribution in [1.82, 2.24) is 15.0 Å². The second-order valence-corrected chi connectivity index (χ2v) is 4.68. The van der Waals surface area contributed by atoms with E-state index in [1.807, 2.05) is 18.2 Å². The molecule has 2 aromatic heterocycles. The molecule has 0 atom stereocenters. The summed E-state index contributed by atoms with van der Waals surface area (Å²) in [6, 6.07) is 12.4. The highest BCUT2D eigenvalue weighted by Gasteiger charge is 2.12. The van der Waals surface area contributed by atoms with E-state index in [0.29, 0.717) is 0 Å². The van der Waals surface area contributed by atoms with Crippen LogP contribution >= 0.6 is 12.4 Å². The number of H-pyrrole nitrogens is 1. The molecule has 4 nitrogen and oxygen atoms in total. The van der Waals surface area contributed by atoms with E-state index in [2.05, 4.69) is 51.9 Å². The van der Waals surface area contributed by atoms with E-state index in [0.717, 1.165) is 41.2 Å². The highest BCUT2D eigenvalue weighted by Crippen LogP contribution is 2.27. The Hall–Kier alpha value is -2.07. The Morgan fingerprint density at radius 2 is 1.76 bits per heavy atom. The van der Waals surface area contributed by atoms with Gasteiger partial charge in [0.25, 0.3) is 0 Å². The first kappa shape index (κ1) is 15.3. The van der Waals surface area contributed by atoms with Gasteiger partial charge >= 0.3 is 0 Å². The molecule has 0 amide bonds. The Balaban J connectivity index is 0.00000161. The molecule has 0 bridgehead atoms. The number of hydrogen-bond acceptors (Lipinski definition) is 3. The molecular formula is C16H19ClN4. The van der Waals surface area contributed by atoms with Crippen molar-refractivity contribution in [2.24, 2.45) is 0 Å². The number of benzene rings is 1. The van der Waals surface area contributed by atoms with Crippen molar-refractivity contribution in [1.29, 1.82) is 0 Å². The Morgan fingerprint density at radius 1 is 1.05 bits per heavy atom. The molecule has 3 aromatic rings. The van der Waals surface area contributed by atoms with Crippen LogP contribution in [-0.2, 0) is 0 Å². The Bertz CT molecular complexity index is 705. The molecule has 0 saturated carbocycles. The maximum Gasteiger partial charge on any atom is 0.156 e. The number of halogens is 1. The van der Waals surface area contributed by atoms with Crippen LogP contribution in [0.1, 0.15) is 13.8 Å². The monoisotopic (exact) mass is 302 g/mol. The molecule has 1 aromatic carbocycles. The van der Waals surface area contributed by atoms with Crippen LogP contribution in [0.2, 0.25) is 0 Å². The number of aromatic amines is 1. The van der Waals surface area contributed by atoms with Gasteiger partial charge in [-0.05, 0) is 25.5 Å². The van der Waals surface area contributed by atoms with E-state index in [-0.39, 0.29) is 12.4 Å². The molecule has 3 rings (SSSR count). The van der Waals surface area contributed by atoms with Gasteiger partial charge in [0.15, 0.2) is 5.82 Å². The van der Waals surface area contributed by atoms with Crippen molar-refractivity contribution >= 4 is 29.3 Å². The molecule has 110 valence electrons. The Labute approximate surface area is 130 Å². The third kappa shape index (κ3) is 2.85. The van der Waals surface area contributed by atoms with Gasteiger partial charge in [-0.25, -0.2) is 9.97 Å². The average Bonchev–Trinajstić information content (AvgIpc) is 2.94. The van der Waals surface area contributed by atoms with Crippen LogP contribution in [0.25, 0.3) is 22.3 Å². The molecular weight excluding hydrogens is 284 g/mol. The first-order chi connectivity index (χ1) is 9.83. The maximum absolute atomic E-state index is 4.44. The average molecular weight is 303 g/mol. The number of fused-ring (bicyclic) bond motifs is 1. The topological polar surface area (TPSA) is 44.8 Å². The lowest BCUT2D eigenvalue weighted by molar-refractivity contribution is 0.847. The zero-order chi connectivity index (χ0) is 13.9. The lowest BCUT2D eigenvalue weighted by Gasteiger charge is -2.19. The van der Waals surface area contributed by atoms with Gasteiger partial charge in [-0.1, -0.05) is 30.3 Å². The molecule has 0 aliphatic rings. The normalized spacial score (nSPS) is 10.4. The predicted octanol–water partition coefficient (Wildman–Crippen LogP) is 3.89. The molecule has 0 aliphatic carbocycles. The molecule has 5 heteroatoms. The molecule has 0 radical (unpaired) electrons. The third-order valence-corrected chi connectivity index (χ3v) is 3.55. The van der Waals surface area contributed by atoms with Crippen LogP contribution < -0.4 is 4.90 Å². The van der Waals surface area contributed by atoms with Gasteiger partial charge < -0.3 is 9.88 Å².